The lowest BCUT2D eigenvalue weighted by Crippen LogP contribution is -2.30. The van der Waals surface area contributed by atoms with E-state index in [1.807, 2.05) is 0 Å². The van der Waals surface area contributed by atoms with Gasteiger partial charge in [-0.1, -0.05) is 261 Å². The number of phosphoric ester groups is 2. The van der Waals surface area contributed by atoms with E-state index in [9.17, 15) is 43.2 Å². The molecule has 0 heterocycles. The number of hydrogen-bond donors (Lipinski definition) is 3. The minimum absolute atomic E-state index is 0.102. The van der Waals surface area contributed by atoms with E-state index in [0.717, 1.165) is 108 Å². The third-order valence-electron chi connectivity index (χ3n) is 15.2. The van der Waals surface area contributed by atoms with E-state index in [0.29, 0.717) is 31.6 Å². The predicted molar refractivity (Wildman–Crippen MR) is 335 cm³/mol. The van der Waals surface area contributed by atoms with Crippen molar-refractivity contribution in [2.45, 2.75) is 331 Å². The van der Waals surface area contributed by atoms with Crippen molar-refractivity contribution in [1.82, 2.24) is 0 Å². The fourth-order valence-corrected chi connectivity index (χ4v) is 11.2. The van der Waals surface area contributed by atoms with Gasteiger partial charge in [0.25, 0.3) is 0 Å². The van der Waals surface area contributed by atoms with Crippen LogP contribution in [0.4, 0.5) is 0 Å². The van der Waals surface area contributed by atoms with Crippen LogP contribution >= 0.6 is 15.6 Å². The summed E-state index contributed by atoms with van der Waals surface area (Å²) in [5.41, 5.74) is 0. The zero-order chi connectivity index (χ0) is 62.5. The molecule has 0 bridgehead atoms. The molecular weight excluding hydrogens is 1110 g/mol. The summed E-state index contributed by atoms with van der Waals surface area (Å²) in [5.74, 6) is 0.759. The Bertz CT molecular complexity index is 1680. The highest BCUT2D eigenvalue weighted by Crippen LogP contribution is 2.45. The van der Waals surface area contributed by atoms with Crippen LogP contribution < -0.4 is 0 Å². The Kier molecular flexibility index (Phi) is 53.9. The van der Waals surface area contributed by atoms with E-state index in [1.165, 1.54) is 116 Å². The number of rotatable bonds is 62. The Hall–Kier alpha value is -1.94. The molecule has 3 N–H and O–H groups in total. The lowest BCUT2D eigenvalue weighted by molar-refractivity contribution is -0.161. The van der Waals surface area contributed by atoms with E-state index in [-0.39, 0.29) is 25.7 Å². The second-order valence-corrected chi connectivity index (χ2v) is 28.1. The average molecular weight is 1240 g/mol. The zero-order valence-electron chi connectivity index (χ0n) is 54.5. The highest BCUT2D eigenvalue weighted by atomic mass is 31.2. The SMILES string of the molecule is CCC(C)CCCCCCCCC(=O)O[C@H](COC(=O)CCCCCCCCCCC(C)C)COP(=O)(O)OCC(O)COP(=O)(O)OC[C@@H](COC(=O)CCCCCCCCCCCCC(C)C)OC(=O)CCCCCCCCCC(C)C. The van der Waals surface area contributed by atoms with Gasteiger partial charge in [0, 0.05) is 25.7 Å². The first-order valence-electron chi connectivity index (χ1n) is 33.7. The number of unbranched alkanes of at least 4 members (excludes halogenated alkanes) is 27. The summed E-state index contributed by atoms with van der Waals surface area (Å²) in [5, 5.41) is 10.5. The number of ether oxygens (including phenoxy) is 4. The Morgan fingerprint density at radius 1 is 0.333 bits per heavy atom. The van der Waals surface area contributed by atoms with Gasteiger partial charge in [-0.3, -0.25) is 37.3 Å². The normalized spacial score (nSPS) is 14.7. The largest absolute Gasteiger partial charge is 0.472 e. The van der Waals surface area contributed by atoms with Gasteiger partial charge in [-0.15, -0.1) is 0 Å². The molecule has 0 saturated heterocycles. The summed E-state index contributed by atoms with van der Waals surface area (Å²) in [6.07, 6.45) is 35.0. The van der Waals surface area contributed by atoms with Crippen LogP contribution in [0.2, 0.25) is 0 Å². The topological polar surface area (TPSA) is 237 Å². The van der Waals surface area contributed by atoms with Gasteiger partial charge in [0.2, 0.25) is 0 Å². The molecule has 0 aliphatic heterocycles. The summed E-state index contributed by atoms with van der Waals surface area (Å²) in [6, 6.07) is 0. The number of phosphoric acid groups is 2. The van der Waals surface area contributed by atoms with Gasteiger partial charge >= 0.3 is 39.5 Å². The van der Waals surface area contributed by atoms with Crippen LogP contribution in [0, 0.1) is 23.7 Å². The lowest BCUT2D eigenvalue weighted by atomic mass is 10.00. The first-order chi connectivity index (χ1) is 40.1. The van der Waals surface area contributed by atoms with Crippen molar-refractivity contribution in [2.75, 3.05) is 39.6 Å². The van der Waals surface area contributed by atoms with E-state index >= 15 is 0 Å². The van der Waals surface area contributed by atoms with Crippen LogP contribution in [-0.2, 0) is 65.4 Å². The number of carbonyl (C=O) groups excluding carboxylic acids is 4. The van der Waals surface area contributed by atoms with Crippen molar-refractivity contribution in [3.05, 3.63) is 0 Å². The summed E-state index contributed by atoms with van der Waals surface area (Å²) in [4.78, 5) is 72.2. The lowest BCUT2D eigenvalue weighted by Gasteiger charge is -2.21. The van der Waals surface area contributed by atoms with Gasteiger partial charge in [0.1, 0.15) is 19.3 Å². The molecule has 17 nitrogen and oxygen atoms in total. The molecule has 0 aliphatic carbocycles. The Morgan fingerprint density at radius 3 is 0.845 bits per heavy atom. The molecule has 0 saturated carbocycles. The number of esters is 4. The minimum atomic E-state index is -4.95. The van der Waals surface area contributed by atoms with Gasteiger partial charge in [0.15, 0.2) is 12.2 Å². The number of carbonyl (C=O) groups is 4. The monoisotopic (exact) mass is 1240 g/mol. The maximum atomic E-state index is 13.0. The standard InChI is InChI=1S/C65H126O17P2/c1-9-58(8)44-36-28-23-24-32-40-48-65(70)82-61(52-76-63(68)46-38-30-21-15-14-18-26-34-42-56(4)5)54-80-84(73,74)78-50-59(66)49-77-83(71,72)79-53-60(81-64(69)47-39-31-22-16-19-27-35-43-57(6)7)51-75-62(67)45-37-29-20-13-11-10-12-17-25-33-41-55(2)3/h55-61,66H,9-54H2,1-8H3,(H,71,72)(H,73,74)/t58?,59?,60-,61-/m1/s1. The molecule has 4 unspecified atom stereocenters. The second-order valence-electron chi connectivity index (χ2n) is 25.2. The quantitative estimate of drug-likeness (QED) is 0.0222. The Balaban J connectivity index is 5.24. The third kappa shape index (κ3) is 57.8. The molecule has 0 fully saturated rings. The van der Waals surface area contributed by atoms with Crippen LogP contribution in [0.3, 0.4) is 0 Å². The van der Waals surface area contributed by atoms with Crippen molar-refractivity contribution in [3.63, 3.8) is 0 Å². The maximum absolute atomic E-state index is 13.0. The molecule has 0 rings (SSSR count). The highest BCUT2D eigenvalue weighted by Gasteiger charge is 2.30. The van der Waals surface area contributed by atoms with Crippen LogP contribution in [0.25, 0.3) is 0 Å². The van der Waals surface area contributed by atoms with Crippen molar-refractivity contribution >= 4 is 39.5 Å². The van der Waals surface area contributed by atoms with E-state index < -0.39 is 97.5 Å². The number of aliphatic hydroxyl groups is 1. The summed E-state index contributed by atoms with van der Waals surface area (Å²) < 4.78 is 68.0. The summed E-state index contributed by atoms with van der Waals surface area (Å²) in [7, 11) is -9.89. The smallest absolute Gasteiger partial charge is 0.462 e. The van der Waals surface area contributed by atoms with Crippen LogP contribution in [0.15, 0.2) is 0 Å². The molecule has 0 aromatic rings. The third-order valence-corrected chi connectivity index (χ3v) is 17.1. The van der Waals surface area contributed by atoms with Crippen LogP contribution in [0.1, 0.15) is 312 Å². The Labute approximate surface area is 511 Å². The Morgan fingerprint density at radius 2 is 0.571 bits per heavy atom. The van der Waals surface area contributed by atoms with E-state index in [1.54, 1.807) is 0 Å². The zero-order valence-corrected chi connectivity index (χ0v) is 56.3. The van der Waals surface area contributed by atoms with Gasteiger partial charge in [-0.25, -0.2) is 9.13 Å². The van der Waals surface area contributed by atoms with Crippen molar-refractivity contribution in [1.29, 1.82) is 0 Å². The van der Waals surface area contributed by atoms with Gasteiger partial charge < -0.3 is 33.8 Å². The molecule has 0 aromatic heterocycles. The molecule has 19 heteroatoms. The van der Waals surface area contributed by atoms with Crippen LogP contribution in [0.5, 0.6) is 0 Å². The first kappa shape index (κ1) is 82.1. The summed E-state index contributed by atoms with van der Waals surface area (Å²) >= 11 is 0. The first-order valence-corrected chi connectivity index (χ1v) is 36.7. The van der Waals surface area contributed by atoms with Crippen molar-refractivity contribution in [2.24, 2.45) is 23.7 Å². The average Bonchev–Trinajstić information content (AvgIpc) is 3.49. The molecule has 498 valence electrons. The van der Waals surface area contributed by atoms with Crippen LogP contribution in [-0.4, -0.2) is 96.7 Å². The molecule has 0 amide bonds. The minimum Gasteiger partial charge on any atom is -0.462 e. The highest BCUT2D eigenvalue weighted by molar-refractivity contribution is 7.47. The fourth-order valence-electron chi connectivity index (χ4n) is 9.57. The molecule has 0 spiro atoms. The van der Waals surface area contributed by atoms with Gasteiger partial charge in [0.05, 0.1) is 26.4 Å². The van der Waals surface area contributed by atoms with Crippen molar-refractivity contribution < 1.29 is 80.2 Å². The molecule has 84 heavy (non-hydrogen) atoms. The molecule has 0 radical (unpaired) electrons. The number of aliphatic hydroxyl groups excluding tert-OH is 1. The maximum Gasteiger partial charge on any atom is 0.472 e. The van der Waals surface area contributed by atoms with E-state index in [2.05, 4.69) is 55.4 Å². The van der Waals surface area contributed by atoms with Gasteiger partial charge in [-0.2, -0.15) is 0 Å². The molecule has 6 atom stereocenters. The molecule has 0 aliphatic rings. The predicted octanol–water partition coefficient (Wildman–Crippen LogP) is 17.8. The summed E-state index contributed by atoms with van der Waals surface area (Å²) in [6.45, 7) is 13.9. The van der Waals surface area contributed by atoms with E-state index in [4.69, 9.17) is 37.0 Å². The molecule has 0 aromatic carbocycles. The van der Waals surface area contributed by atoms with Gasteiger partial charge in [-0.05, 0) is 49.4 Å². The fraction of sp³-hybridized carbons (Fsp3) is 0.938. The number of hydrogen-bond acceptors (Lipinski definition) is 15. The van der Waals surface area contributed by atoms with Crippen molar-refractivity contribution in [3.8, 4) is 0 Å². The second kappa shape index (κ2) is 55.2. The molecular formula is C65H126O17P2.